The molecule has 0 radical (unpaired) electrons. The molecule has 0 atom stereocenters. The highest BCUT2D eigenvalue weighted by atomic mass is 16.7. The summed E-state index contributed by atoms with van der Waals surface area (Å²) in [7, 11) is 3.39. The molecule has 2 rings (SSSR count). The number of amides is 1. The Bertz CT molecular complexity index is 559. The number of hydrogen-bond donors (Lipinski definition) is 3. The van der Waals surface area contributed by atoms with Crippen molar-refractivity contribution < 1.29 is 43.5 Å². The number of aliphatic hydroxyl groups is 2. The standard InChI is InChI=1S/C12H23NO4.C6H10O3.C4H11NO2/c1-11(2,3)17-10(14)13(6)9-7-15-12(4,5)16-8-9;1-6(2)8-3-5(7)4-9-6;1-5-4(2-6)3-7/h9H,7-8H2,1-6H3;3-4H2,1-2H3;4-7H,2-3H2,1H3. The molecule has 2 aliphatic heterocycles. The normalized spacial score (nSPS) is 20.2. The maximum Gasteiger partial charge on any atom is 0.410 e. The Morgan fingerprint density at radius 3 is 1.79 bits per heavy atom. The molecule has 196 valence electrons. The van der Waals surface area contributed by atoms with Gasteiger partial charge in [0.25, 0.3) is 0 Å². The predicted molar refractivity (Wildman–Crippen MR) is 122 cm³/mol. The minimum Gasteiger partial charge on any atom is -0.444 e. The fraction of sp³-hybridized carbons (Fsp3) is 0.909. The van der Waals surface area contributed by atoms with E-state index in [9.17, 15) is 9.59 Å². The van der Waals surface area contributed by atoms with Crippen LogP contribution in [0.3, 0.4) is 0 Å². The summed E-state index contributed by atoms with van der Waals surface area (Å²) in [4.78, 5) is 23.8. The number of Topliss-reactive ketones (excluding diaryl/α,β-unsaturated/α-hetero) is 1. The molecule has 2 aliphatic rings. The van der Waals surface area contributed by atoms with Gasteiger partial charge in [-0.25, -0.2) is 4.79 Å². The van der Waals surface area contributed by atoms with Gasteiger partial charge in [-0.05, 0) is 55.5 Å². The number of likely N-dealkylation sites (N-methyl/N-ethyl adjacent to an activating group) is 2. The van der Waals surface area contributed by atoms with E-state index >= 15 is 0 Å². The molecule has 2 fully saturated rings. The highest BCUT2D eigenvalue weighted by molar-refractivity contribution is 5.81. The molecular formula is C22H44N2O9. The minimum atomic E-state index is -0.564. The zero-order valence-electron chi connectivity index (χ0n) is 21.6. The zero-order valence-corrected chi connectivity index (χ0v) is 21.6. The molecule has 0 spiro atoms. The first-order valence-corrected chi connectivity index (χ1v) is 11.0. The van der Waals surface area contributed by atoms with Gasteiger partial charge in [-0.15, -0.1) is 0 Å². The zero-order chi connectivity index (χ0) is 25.9. The van der Waals surface area contributed by atoms with E-state index in [1.54, 1.807) is 27.9 Å². The quantitative estimate of drug-likeness (QED) is 0.532. The maximum atomic E-state index is 11.8. The van der Waals surface area contributed by atoms with E-state index in [-0.39, 0.29) is 50.4 Å². The number of nitrogens with one attached hydrogen (secondary N) is 1. The third kappa shape index (κ3) is 14.5. The Labute approximate surface area is 197 Å². The van der Waals surface area contributed by atoms with Gasteiger partial charge < -0.3 is 44.1 Å². The van der Waals surface area contributed by atoms with Crippen LogP contribution in [-0.4, -0.2) is 110 Å². The van der Waals surface area contributed by atoms with Gasteiger partial charge in [0, 0.05) is 7.05 Å². The number of hydrogen-bond acceptors (Lipinski definition) is 10. The maximum absolute atomic E-state index is 11.8. The molecule has 1 amide bonds. The molecule has 0 unspecified atom stereocenters. The van der Waals surface area contributed by atoms with Crippen molar-refractivity contribution in [1.82, 2.24) is 10.2 Å². The van der Waals surface area contributed by atoms with E-state index in [2.05, 4.69) is 5.32 Å². The van der Waals surface area contributed by atoms with Gasteiger partial charge in [0.05, 0.1) is 38.5 Å². The molecule has 2 saturated heterocycles. The Balaban J connectivity index is 0.000000534. The fourth-order valence-corrected chi connectivity index (χ4v) is 2.22. The van der Waals surface area contributed by atoms with Gasteiger partial charge in [-0.1, -0.05) is 0 Å². The Kier molecular flexibility index (Phi) is 13.6. The molecule has 0 aromatic rings. The molecule has 3 N–H and O–H groups in total. The average molecular weight is 481 g/mol. The third-order valence-electron chi connectivity index (χ3n) is 4.49. The van der Waals surface area contributed by atoms with Crippen molar-refractivity contribution in [3.8, 4) is 0 Å². The number of carbonyl (C=O) groups excluding carboxylic acids is 2. The van der Waals surface area contributed by atoms with Crippen LogP contribution in [0.4, 0.5) is 4.79 Å². The van der Waals surface area contributed by atoms with Crippen LogP contribution in [0, 0.1) is 0 Å². The molecule has 0 aromatic carbocycles. The second kappa shape index (κ2) is 14.1. The van der Waals surface area contributed by atoms with Gasteiger partial charge >= 0.3 is 6.09 Å². The summed E-state index contributed by atoms with van der Waals surface area (Å²) in [6, 6.07) is -0.252. The van der Waals surface area contributed by atoms with Crippen molar-refractivity contribution in [3.63, 3.8) is 0 Å². The van der Waals surface area contributed by atoms with Gasteiger partial charge in [-0.2, -0.15) is 0 Å². The first-order chi connectivity index (χ1) is 15.1. The number of nitrogens with zero attached hydrogens (tertiary/aromatic N) is 1. The second-order valence-corrected chi connectivity index (χ2v) is 9.63. The molecule has 0 bridgehead atoms. The van der Waals surface area contributed by atoms with E-state index in [1.165, 1.54) is 4.90 Å². The number of aliphatic hydroxyl groups excluding tert-OH is 2. The van der Waals surface area contributed by atoms with Crippen molar-refractivity contribution in [2.45, 2.75) is 77.7 Å². The van der Waals surface area contributed by atoms with Gasteiger partial charge in [0.15, 0.2) is 17.4 Å². The van der Waals surface area contributed by atoms with Crippen molar-refractivity contribution >= 4 is 11.9 Å². The minimum absolute atomic E-state index is 0.00694. The Hall–Kier alpha value is -1.34. The van der Waals surface area contributed by atoms with Crippen molar-refractivity contribution in [3.05, 3.63) is 0 Å². The largest absolute Gasteiger partial charge is 0.444 e. The van der Waals surface area contributed by atoms with E-state index in [1.807, 2.05) is 34.6 Å². The molecule has 11 nitrogen and oxygen atoms in total. The van der Waals surface area contributed by atoms with Crippen molar-refractivity contribution in [1.29, 1.82) is 0 Å². The predicted octanol–water partition coefficient (Wildman–Crippen LogP) is 0.902. The summed E-state index contributed by atoms with van der Waals surface area (Å²) in [5.74, 6) is -1.12. The molecule has 33 heavy (non-hydrogen) atoms. The van der Waals surface area contributed by atoms with E-state index in [4.69, 9.17) is 33.9 Å². The van der Waals surface area contributed by atoms with Crippen LogP contribution in [0.15, 0.2) is 0 Å². The van der Waals surface area contributed by atoms with Crippen molar-refractivity contribution in [2.75, 3.05) is 53.7 Å². The summed E-state index contributed by atoms with van der Waals surface area (Å²) in [5, 5.41) is 19.3. The van der Waals surface area contributed by atoms with E-state index in [0.29, 0.717) is 13.2 Å². The third-order valence-corrected chi connectivity index (χ3v) is 4.49. The summed E-state index contributed by atoms with van der Waals surface area (Å²) in [6.07, 6.45) is -0.352. The van der Waals surface area contributed by atoms with E-state index in [0.717, 1.165) is 0 Å². The molecule has 2 heterocycles. The highest BCUT2D eigenvalue weighted by Crippen LogP contribution is 2.20. The molecule has 0 aromatic heterocycles. The summed E-state index contributed by atoms with van der Waals surface area (Å²) >= 11 is 0. The second-order valence-electron chi connectivity index (χ2n) is 9.63. The van der Waals surface area contributed by atoms with Crippen LogP contribution < -0.4 is 5.32 Å². The van der Waals surface area contributed by atoms with Crippen LogP contribution in [0.1, 0.15) is 48.5 Å². The lowest BCUT2D eigenvalue weighted by molar-refractivity contribution is -0.260. The van der Waals surface area contributed by atoms with Crippen LogP contribution >= 0.6 is 0 Å². The summed E-state index contributed by atoms with van der Waals surface area (Å²) in [5.41, 5.74) is -0.485. The van der Waals surface area contributed by atoms with Crippen molar-refractivity contribution in [2.24, 2.45) is 0 Å². The number of carbonyl (C=O) groups is 2. The first-order valence-electron chi connectivity index (χ1n) is 11.0. The van der Waals surface area contributed by atoms with Gasteiger partial charge in [0.1, 0.15) is 18.8 Å². The lowest BCUT2D eigenvalue weighted by Gasteiger charge is -2.39. The fourth-order valence-electron chi connectivity index (χ4n) is 2.22. The Morgan fingerprint density at radius 2 is 1.48 bits per heavy atom. The average Bonchev–Trinajstić information content (AvgIpc) is 2.71. The number of rotatable bonds is 4. The molecule has 0 aliphatic carbocycles. The summed E-state index contributed by atoms with van der Waals surface area (Å²) < 4.78 is 26.3. The first kappa shape index (κ1) is 31.7. The number of ether oxygens (including phenoxy) is 5. The number of ketones is 1. The van der Waals surface area contributed by atoms with Crippen LogP contribution in [0.25, 0.3) is 0 Å². The van der Waals surface area contributed by atoms with Gasteiger partial charge in [-0.3, -0.25) is 4.79 Å². The molecule has 0 saturated carbocycles. The van der Waals surface area contributed by atoms with Gasteiger partial charge in [0.2, 0.25) is 0 Å². The Morgan fingerprint density at radius 1 is 1.06 bits per heavy atom. The lowest BCUT2D eigenvalue weighted by Crippen LogP contribution is -2.51. The lowest BCUT2D eigenvalue weighted by atomic mass is 10.2. The molecular weight excluding hydrogens is 436 g/mol. The highest BCUT2D eigenvalue weighted by Gasteiger charge is 2.33. The monoisotopic (exact) mass is 480 g/mol. The topological polar surface area (TPSA) is 136 Å². The summed E-state index contributed by atoms with van der Waals surface area (Å²) in [6.45, 7) is 14.1. The van der Waals surface area contributed by atoms with Crippen LogP contribution in [0.2, 0.25) is 0 Å². The smallest absolute Gasteiger partial charge is 0.410 e. The van der Waals surface area contributed by atoms with Crippen LogP contribution in [0.5, 0.6) is 0 Å². The SMILES string of the molecule is CC1(C)OCC(=O)CO1.CN(C(=O)OC(C)(C)C)C1COC(C)(C)OC1.CNC(CO)CO. The van der Waals surface area contributed by atoms with E-state index < -0.39 is 17.2 Å². The molecule has 11 heteroatoms. The van der Waals surface area contributed by atoms with Crippen LogP contribution in [-0.2, 0) is 28.5 Å².